The van der Waals surface area contributed by atoms with E-state index in [-0.39, 0.29) is 6.61 Å². The summed E-state index contributed by atoms with van der Waals surface area (Å²) in [5, 5.41) is 9.27. The van der Waals surface area contributed by atoms with Crippen LogP contribution in [0, 0.1) is 0 Å². The first-order valence-corrected chi connectivity index (χ1v) is 5.72. The summed E-state index contributed by atoms with van der Waals surface area (Å²) in [5.74, 6) is 2.09. The van der Waals surface area contributed by atoms with E-state index in [0.717, 1.165) is 0 Å². The zero-order chi connectivity index (χ0) is 13.7. The number of aliphatic hydroxyl groups is 1. The maximum Gasteiger partial charge on any atom is 0.211 e. The number of benzene rings is 1. The zero-order valence-electron chi connectivity index (χ0n) is 10.8. The van der Waals surface area contributed by atoms with Gasteiger partial charge in [0.2, 0.25) is 5.75 Å². The lowest BCUT2D eigenvalue weighted by Crippen LogP contribution is -1.97. The van der Waals surface area contributed by atoms with E-state index in [9.17, 15) is 5.11 Å². The van der Waals surface area contributed by atoms with Crippen LogP contribution in [0.4, 0.5) is 0 Å². The third-order valence-electron chi connectivity index (χ3n) is 2.62. The molecule has 1 aromatic carbocycles. The molecule has 0 unspecified atom stereocenters. The van der Waals surface area contributed by atoms with Gasteiger partial charge in [-0.3, -0.25) is 4.98 Å². The predicted molar refractivity (Wildman–Crippen MR) is 69.8 cm³/mol. The monoisotopic (exact) mass is 261 g/mol. The first-order valence-electron chi connectivity index (χ1n) is 5.72. The number of aliphatic hydroxyl groups excluding tert-OH is 1. The van der Waals surface area contributed by atoms with Crippen LogP contribution in [0.15, 0.2) is 36.7 Å². The van der Waals surface area contributed by atoms with Crippen molar-refractivity contribution in [2.75, 3.05) is 14.2 Å². The van der Waals surface area contributed by atoms with Crippen molar-refractivity contribution in [3.63, 3.8) is 0 Å². The summed E-state index contributed by atoms with van der Waals surface area (Å²) >= 11 is 0. The number of nitrogens with zero attached hydrogens (tertiary/aromatic N) is 1. The Morgan fingerprint density at radius 1 is 1.05 bits per heavy atom. The van der Waals surface area contributed by atoms with Gasteiger partial charge in [0, 0.05) is 18.0 Å². The Bertz CT molecular complexity index is 535. The Morgan fingerprint density at radius 3 is 2.32 bits per heavy atom. The average molecular weight is 261 g/mol. The zero-order valence-corrected chi connectivity index (χ0v) is 10.8. The van der Waals surface area contributed by atoms with E-state index in [1.807, 2.05) is 6.07 Å². The summed E-state index contributed by atoms with van der Waals surface area (Å²) in [5.41, 5.74) is 0.593. The van der Waals surface area contributed by atoms with Gasteiger partial charge in [0.15, 0.2) is 11.5 Å². The SMILES string of the molecule is COc1cccc(OC)c1Oc1ccncc1CO. The van der Waals surface area contributed by atoms with Crippen LogP contribution >= 0.6 is 0 Å². The molecule has 2 rings (SSSR count). The summed E-state index contributed by atoms with van der Waals surface area (Å²) in [6.07, 6.45) is 3.15. The maximum atomic E-state index is 9.27. The number of hydrogen-bond acceptors (Lipinski definition) is 5. The van der Waals surface area contributed by atoms with E-state index in [1.54, 1.807) is 44.8 Å². The molecule has 100 valence electrons. The lowest BCUT2D eigenvalue weighted by atomic mass is 10.2. The lowest BCUT2D eigenvalue weighted by molar-refractivity contribution is 0.274. The predicted octanol–water partition coefficient (Wildman–Crippen LogP) is 2.38. The lowest BCUT2D eigenvalue weighted by Gasteiger charge is -2.15. The van der Waals surface area contributed by atoms with Gasteiger partial charge in [0.1, 0.15) is 5.75 Å². The molecule has 0 saturated carbocycles. The first kappa shape index (κ1) is 13.2. The van der Waals surface area contributed by atoms with Crippen LogP contribution in [0.1, 0.15) is 5.56 Å². The second kappa shape index (κ2) is 6.06. The fourth-order valence-corrected chi connectivity index (χ4v) is 1.66. The molecule has 0 fully saturated rings. The molecule has 0 aliphatic carbocycles. The molecular weight excluding hydrogens is 246 g/mol. The van der Waals surface area contributed by atoms with E-state index >= 15 is 0 Å². The standard InChI is InChI=1S/C14H15NO4/c1-17-12-4-3-5-13(18-2)14(12)19-11-6-7-15-8-10(11)9-16/h3-8,16H,9H2,1-2H3. The molecule has 0 amide bonds. The summed E-state index contributed by atoms with van der Waals surface area (Å²) in [6, 6.07) is 7.04. The van der Waals surface area contributed by atoms with Gasteiger partial charge in [0.25, 0.3) is 0 Å². The van der Waals surface area contributed by atoms with Gasteiger partial charge in [-0.1, -0.05) is 6.07 Å². The number of hydrogen-bond donors (Lipinski definition) is 1. The largest absolute Gasteiger partial charge is 0.493 e. The van der Waals surface area contributed by atoms with Crippen LogP contribution in [-0.4, -0.2) is 24.3 Å². The highest BCUT2D eigenvalue weighted by molar-refractivity contribution is 5.53. The van der Waals surface area contributed by atoms with Crippen molar-refractivity contribution in [2.24, 2.45) is 0 Å². The Labute approximate surface area is 111 Å². The molecule has 0 bridgehead atoms. The fourth-order valence-electron chi connectivity index (χ4n) is 1.66. The van der Waals surface area contributed by atoms with Crippen molar-refractivity contribution in [3.05, 3.63) is 42.2 Å². The van der Waals surface area contributed by atoms with Gasteiger partial charge in [-0.15, -0.1) is 0 Å². The van der Waals surface area contributed by atoms with Gasteiger partial charge in [-0.2, -0.15) is 0 Å². The Kier molecular flexibility index (Phi) is 4.20. The van der Waals surface area contributed by atoms with Crippen molar-refractivity contribution in [1.29, 1.82) is 0 Å². The van der Waals surface area contributed by atoms with Crippen molar-refractivity contribution in [3.8, 4) is 23.0 Å². The molecule has 1 aromatic heterocycles. The topological polar surface area (TPSA) is 60.8 Å². The van der Waals surface area contributed by atoms with Crippen LogP contribution in [0.25, 0.3) is 0 Å². The van der Waals surface area contributed by atoms with Crippen molar-refractivity contribution in [2.45, 2.75) is 6.61 Å². The van der Waals surface area contributed by atoms with E-state index in [4.69, 9.17) is 14.2 Å². The maximum absolute atomic E-state index is 9.27. The second-order valence-corrected chi connectivity index (χ2v) is 3.74. The van der Waals surface area contributed by atoms with E-state index in [1.165, 1.54) is 0 Å². The minimum Gasteiger partial charge on any atom is -0.493 e. The molecule has 19 heavy (non-hydrogen) atoms. The van der Waals surface area contributed by atoms with Crippen molar-refractivity contribution >= 4 is 0 Å². The summed E-state index contributed by atoms with van der Waals surface area (Å²) in [6.45, 7) is -0.152. The van der Waals surface area contributed by atoms with Crippen LogP contribution in [0.5, 0.6) is 23.0 Å². The number of rotatable bonds is 5. The first-order chi connectivity index (χ1) is 9.30. The molecule has 0 spiro atoms. The van der Waals surface area contributed by atoms with E-state index in [0.29, 0.717) is 28.6 Å². The third kappa shape index (κ3) is 2.77. The quantitative estimate of drug-likeness (QED) is 0.895. The Hall–Kier alpha value is -2.27. The highest BCUT2D eigenvalue weighted by Crippen LogP contribution is 2.40. The Balaban J connectivity index is 2.42. The number of aromatic nitrogens is 1. The molecule has 0 aliphatic heterocycles. The van der Waals surface area contributed by atoms with Gasteiger partial charge in [-0.25, -0.2) is 0 Å². The van der Waals surface area contributed by atoms with Crippen LogP contribution < -0.4 is 14.2 Å². The summed E-state index contributed by atoms with van der Waals surface area (Å²) < 4.78 is 16.3. The van der Waals surface area contributed by atoms with Gasteiger partial charge in [0.05, 0.1) is 20.8 Å². The molecule has 0 aliphatic rings. The molecule has 1 N–H and O–H groups in total. The highest BCUT2D eigenvalue weighted by atomic mass is 16.5. The van der Waals surface area contributed by atoms with Crippen LogP contribution in [-0.2, 0) is 6.61 Å². The third-order valence-corrected chi connectivity index (χ3v) is 2.62. The number of methoxy groups -OCH3 is 2. The van der Waals surface area contributed by atoms with E-state index in [2.05, 4.69) is 4.98 Å². The van der Waals surface area contributed by atoms with Crippen LogP contribution in [0.3, 0.4) is 0 Å². The number of para-hydroxylation sites is 1. The van der Waals surface area contributed by atoms with Crippen molar-refractivity contribution < 1.29 is 19.3 Å². The molecule has 2 aromatic rings. The summed E-state index contributed by atoms with van der Waals surface area (Å²) in [4.78, 5) is 3.94. The smallest absolute Gasteiger partial charge is 0.211 e. The number of ether oxygens (including phenoxy) is 3. The fraction of sp³-hybridized carbons (Fsp3) is 0.214. The van der Waals surface area contributed by atoms with Crippen molar-refractivity contribution in [1.82, 2.24) is 4.98 Å². The molecule has 0 radical (unpaired) electrons. The van der Waals surface area contributed by atoms with Gasteiger partial charge >= 0.3 is 0 Å². The molecule has 1 heterocycles. The highest BCUT2D eigenvalue weighted by Gasteiger charge is 2.14. The minimum absolute atomic E-state index is 0.152. The Morgan fingerprint density at radius 2 is 1.74 bits per heavy atom. The molecule has 0 atom stereocenters. The second-order valence-electron chi connectivity index (χ2n) is 3.74. The molecule has 5 nitrogen and oxygen atoms in total. The number of pyridine rings is 1. The minimum atomic E-state index is -0.152. The van der Waals surface area contributed by atoms with Crippen LogP contribution in [0.2, 0.25) is 0 Å². The normalized spacial score (nSPS) is 10.1. The molecular formula is C14H15NO4. The molecule has 0 saturated heterocycles. The molecule has 5 heteroatoms. The van der Waals surface area contributed by atoms with Gasteiger partial charge in [-0.05, 0) is 18.2 Å². The van der Waals surface area contributed by atoms with E-state index < -0.39 is 0 Å². The van der Waals surface area contributed by atoms with Gasteiger partial charge < -0.3 is 19.3 Å². The average Bonchev–Trinajstić information content (AvgIpc) is 2.48. The summed E-state index contributed by atoms with van der Waals surface area (Å²) in [7, 11) is 3.11.